The summed E-state index contributed by atoms with van der Waals surface area (Å²) in [6, 6.07) is 5.85. The van der Waals surface area contributed by atoms with Gasteiger partial charge in [-0.25, -0.2) is 4.39 Å². The third-order valence-corrected chi connectivity index (χ3v) is 1.64. The van der Waals surface area contributed by atoms with E-state index < -0.39 is 0 Å². The fourth-order valence-electron chi connectivity index (χ4n) is 0.981. The number of aliphatic imine (C=N–C) groups is 1. The number of rotatable bonds is 4. The van der Waals surface area contributed by atoms with Crippen molar-refractivity contribution in [2.24, 2.45) is 4.99 Å². The predicted molar refractivity (Wildman–Crippen MR) is 55.5 cm³/mol. The minimum Gasteiger partial charge on any atom is -0.465 e. The zero-order chi connectivity index (χ0) is 11.1. The second kappa shape index (κ2) is 5.90. The summed E-state index contributed by atoms with van der Waals surface area (Å²) in [6.07, 6.45) is 1.51. The van der Waals surface area contributed by atoms with Crippen LogP contribution in [0.25, 0.3) is 0 Å². The van der Waals surface area contributed by atoms with Crippen LogP contribution in [0, 0.1) is 5.82 Å². The van der Waals surface area contributed by atoms with Gasteiger partial charge in [0.25, 0.3) is 0 Å². The third kappa shape index (κ3) is 4.35. The highest BCUT2D eigenvalue weighted by Gasteiger charge is 1.97. The Morgan fingerprint density at radius 1 is 1.47 bits per heavy atom. The number of nitrogens with zero attached hydrogens (tertiary/aromatic N) is 1. The predicted octanol–water partition coefficient (Wildman–Crippen LogP) is 1.81. The molecule has 0 amide bonds. The lowest BCUT2D eigenvalue weighted by atomic mass is 10.2. The van der Waals surface area contributed by atoms with Crippen molar-refractivity contribution in [2.75, 3.05) is 13.2 Å². The molecule has 1 rings (SSSR count). The molecule has 4 heteroatoms. The lowest BCUT2D eigenvalue weighted by Gasteiger charge is -1.96. The van der Waals surface area contributed by atoms with Gasteiger partial charge in [-0.2, -0.15) is 0 Å². The molecule has 0 heterocycles. The van der Waals surface area contributed by atoms with Gasteiger partial charge in [-0.1, -0.05) is 12.1 Å². The summed E-state index contributed by atoms with van der Waals surface area (Å²) >= 11 is 0. The molecule has 1 aromatic rings. The van der Waals surface area contributed by atoms with E-state index >= 15 is 0 Å². The molecule has 0 saturated heterocycles. The van der Waals surface area contributed by atoms with E-state index in [9.17, 15) is 9.18 Å². The average molecular weight is 209 g/mol. The Morgan fingerprint density at radius 3 is 2.73 bits per heavy atom. The first-order chi connectivity index (χ1) is 7.22. The topological polar surface area (TPSA) is 38.7 Å². The highest BCUT2D eigenvalue weighted by Crippen LogP contribution is 1.99. The third-order valence-electron chi connectivity index (χ3n) is 1.64. The molecule has 0 N–H and O–H groups in total. The van der Waals surface area contributed by atoms with Crippen molar-refractivity contribution in [3.8, 4) is 0 Å². The van der Waals surface area contributed by atoms with Crippen LogP contribution in [0.15, 0.2) is 29.3 Å². The molecular formula is C11H12FNO2. The van der Waals surface area contributed by atoms with Crippen molar-refractivity contribution >= 4 is 12.2 Å². The largest absolute Gasteiger partial charge is 0.465 e. The highest BCUT2D eigenvalue weighted by atomic mass is 19.1. The van der Waals surface area contributed by atoms with E-state index in [4.69, 9.17) is 0 Å². The van der Waals surface area contributed by atoms with Crippen molar-refractivity contribution in [3.63, 3.8) is 0 Å². The van der Waals surface area contributed by atoms with Gasteiger partial charge in [-0.05, 0) is 24.6 Å². The molecule has 0 unspecified atom stereocenters. The van der Waals surface area contributed by atoms with Crippen LogP contribution in [-0.2, 0) is 9.53 Å². The zero-order valence-electron chi connectivity index (χ0n) is 8.44. The number of esters is 1. The maximum Gasteiger partial charge on any atom is 0.327 e. The van der Waals surface area contributed by atoms with Gasteiger partial charge in [-0.15, -0.1) is 0 Å². The maximum atomic E-state index is 12.5. The van der Waals surface area contributed by atoms with E-state index in [0.717, 1.165) is 5.56 Å². The van der Waals surface area contributed by atoms with Gasteiger partial charge in [0.2, 0.25) is 0 Å². The van der Waals surface area contributed by atoms with Crippen molar-refractivity contribution in [1.29, 1.82) is 0 Å². The molecule has 0 aromatic heterocycles. The molecule has 0 saturated carbocycles. The summed E-state index contributed by atoms with van der Waals surface area (Å²) in [7, 11) is 0. The van der Waals surface area contributed by atoms with E-state index in [0.29, 0.717) is 6.61 Å². The van der Waals surface area contributed by atoms with E-state index in [1.807, 2.05) is 0 Å². The normalized spacial score (nSPS) is 10.5. The number of benzene rings is 1. The molecule has 15 heavy (non-hydrogen) atoms. The molecular weight excluding hydrogens is 197 g/mol. The van der Waals surface area contributed by atoms with Gasteiger partial charge < -0.3 is 4.74 Å². The second-order valence-corrected chi connectivity index (χ2v) is 2.83. The first-order valence-electron chi connectivity index (χ1n) is 4.63. The summed E-state index contributed by atoms with van der Waals surface area (Å²) in [6.45, 7) is 2.08. The molecule has 0 atom stereocenters. The van der Waals surface area contributed by atoms with Crippen LogP contribution in [0.2, 0.25) is 0 Å². The Kier molecular flexibility index (Phi) is 4.47. The van der Waals surface area contributed by atoms with E-state index in [1.165, 1.54) is 18.3 Å². The smallest absolute Gasteiger partial charge is 0.327 e. The quantitative estimate of drug-likeness (QED) is 0.560. The monoisotopic (exact) mass is 209 g/mol. The van der Waals surface area contributed by atoms with E-state index in [2.05, 4.69) is 9.73 Å². The molecule has 80 valence electrons. The van der Waals surface area contributed by atoms with Gasteiger partial charge in [0.1, 0.15) is 12.4 Å². The van der Waals surface area contributed by atoms with Crippen LogP contribution in [0.1, 0.15) is 12.5 Å². The molecule has 0 fully saturated rings. The molecule has 0 aliphatic heterocycles. The van der Waals surface area contributed by atoms with E-state index in [1.54, 1.807) is 19.1 Å². The summed E-state index contributed by atoms with van der Waals surface area (Å²) in [5.41, 5.74) is 0.751. The van der Waals surface area contributed by atoms with Gasteiger partial charge >= 0.3 is 5.97 Å². The number of carbonyl (C=O) groups excluding carboxylic acids is 1. The number of halogens is 1. The van der Waals surface area contributed by atoms with Gasteiger partial charge in [0.05, 0.1) is 6.61 Å². The van der Waals surface area contributed by atoms with Crippen molar-refractivity contribution < 1.29 is 13.9 Å². The van der Waals surface area contributed by atoms with Crippen LogP contribution in [0.3, 0.4) is 0 Å². The summed E-state index contributed by atoms with van der Waals surface area (Å²) in [5.74, 6) is -0.659. The number of hydrogen-bond acceptors (Lipinski definition) is 3. The second-order valence-electron chi connectivity index (χ2n) is 2.83. The SMILES string of the molecule is CCOC(=O)CN=Cc1ccc(F)cc1. The molecule has 0 radical (unpaired) electrons. The molecule has 0 aliphatic rings. The van der Waals surface area contributed by atoms with E-state index in [-0.39, 0.29) is 18.3 Å². The minimum absolute atomic E-state index is 0.00871. The lowest BCUT2D eigenvalue weighted by Crippen LogP contribution is -2.07. The van der Waals surface area contributed by atoms with Crippen LogP contribution >= 0.6 is 0 Å². The molecule has 0 bridgehead atoms. The van der Waals surface area contributed by atoms with Crippen LogP contribution in [-0.4, -0.2) is 25.3 Å². The number of ether oxygens (including phenoxy) is 1. The summed E-state index contributed by atoms with van der Waals surface area (Å²) in [4.78, 5) is 14.8. The average Bonchev–Trinajstić information content (AvgIpc) is 2.21. The molecule has 0 aliphatic carbocycles. The Morgan fingerprint density at radius 2 is 2.13 bits per heavy atom. The highest BCUT2D eigenvalue weighted by molar-refractivity contribution is 5.82. The first kappa shape index (κ1) is 11.4. The molecule has 1 aromatic carbocycles. The molecule has 3 nitrogen and oxygen atoms in total. The van der Waals surface area contributed by atoms with Crippen molar-refractivity contribution in [2.45, 2.75) is 6.92 Å². The van der Waals surface area contributed by atoms with Crippen LogP contribution in [0.5, 0.6) is 0 Å². The first-order valence-corrected chi connectivity index (χ1v) is 4.63. The minimum atomic E-state index is -0.365. The number of hydrogen-bond donors (Lipinski definition) is 0. The van der Waals surface area contributed by atoms with Crippen LogP contribution < -0.4 is 0 Å². The van der Waals surface area contributed by atoms with Gasteiger partial charge in [0, 0.05) is 6.21 Å². The Balaban J connectivity index is 2.44. The zero-order valence-corrected chi connectivity index (χ0v) is 8.44. The Bertz CT molecular complexity index is 346. The van der Waals surface area contributed by atoms with Gasteiger partial charge in [0.15, 0.2) is 0 Å². The van der Waals surface area contributed by atoms with Crippen LogP contribution in [0.4, 0.5) is 4.39 Å². The summed E-state index contributed by atoms with van der Waals surface area (Å²) < 4.78 is 17.2. The fraction of sp³-hybridized carbons (Fsp3) is 0.273. The Labute approximate surface area is 87.6 Å². The standard InChI is InChI=1S/C11H12FNO2/c1-2-15-11(14)8-13-7-9-3-5-10(12)6-4-9/h3-7H,2,8H2,1H3. The van der Waals surface area contributed by atoms with Crippen molar-refractivity contribution in [1.82, 2.24) is 0 Å². The number of carbonyl (C=O) groups is 1. The lowest BCUT2D eigenvalue weighted by molar-refractivity contribution is -0.141. The van der Waals surface area contributed by atoms with Gasteiger partial charge in [-0.3, -0.25) is 9.79 Å². The Hall–Kier alpha value is -1.71. The summed E-state index contributed by atoms with van der Waals surface area (Å²) in [5, 5.41) is 0. The molecule has 0 spiro atoms. The maximum absolute atomic E-state index is 12.5. The fourth-order valence-corrected chi connectivity index (χ4v) is 0.981. The van der Waals surface area contributed by atoms with Crippen molar-refractivity contribution in [3.05, 3.63) is 35.6 Å².